The molecule has 0 aliphatic carbocycles. The van der Waals surface area contributed by atoms with E-state index in [2.05, 4.69) is 5.32 Å². The van der Waals surface area contributed by atoms with Crippen molar-refractivity contribution in [3.05, 3.63) is 21.3 Å². The zero-order valence-electron chi connectivity index (χ0n) is 9.83. The predicted molar refractivity (Wildman–Crippen MR) is 67.1 cm³/mol. The smallest absolute Gasteiger partial charge is 0.408 e. The minimum Gasteiger partial charge on any atom is -0.444 e. The van der Waals surface area contributed by atoms with Crippen molar-refractivity contribution >= 4 is 29.0 Å². The van der Waals surface area contributed by atoms with E-state index in [4.69, 9.17) is 16.3 Å². The number of hydrogen-bond donors (Lipinski definition) is 1. The van der Waals surface area contributed by atoms with Gasteiger partial charge in [-0.15, -0.1) is 11.3 Å². The molecule has 1 heterocycles. The molecule has 1 aromatic heterocycles. The van der Waals surface area contributed by atoms with Crippen LogP contribution in [0.4, 0.5) is 4.79 Å². The summed E-state index contributed by atoms with van der Waals surface area (Å²) in [5.74, 6) is 0. The summed E-state index contributed by atoms with van der Waals surface area (Å²) in [5, 5.41) is 2.76. The average Bonchev–Trinajstić information content (AvgIpc) is 2.47. The van der Waals surface area contributed by atoms with Crippen molar-refractivity contribution in [3.8, 4) is 0 Å². The molecule has 1 aromatic rings. The highest BCUT2D eigenvalue weighted by Gasteiger charge is 2.18. The van der Waals surface area contributed by atoms with E-state index >= 15 is 0 Å². The van der Waals surface area contributed by atoms with Crippen LogP contribution in [0.3, 0.4) is 0 Å². The summed E-state index contributed by atoms with van der Waals surface area (Å²) in [7, 11) is 0. The molecule has 0 aliphatic heterocycles. The van der Waals surface area contributed by atoms with Crippen LogP contribution in [0, 0.1) is 0 Å². The second kappa shape index (κ2) is 5.06. The molecule has 16 heavy (non-hydrogen) atoms. The highest BCUT2D eigenvalue weighted by molar-refractivity contribution is 7.16. The van der Waals surface area contributed by atoms with Crippen LogP contribution in [0.25, 0.3) is 0 Å². The fraction of sp³-hybridized carbons (Fsp3) is 0.545. The first-order valence-electron chi connectivity index (χ1n) is 5.02. The quantitative estimate of drug-likeness (QED) is 0.874. The van der Waals surface area contributed by atoms with Gasteiger partial charge in [-0.25, -0.2) is 4.79 Å². The summed E-state index contributed by atoms with van der Waals surface area (Å²) in [6.07, 6.45) is -0.412. The number of rotatable bonds is 2. The SMILES string of the molecule is CC(NC(=O)OC(C)(C)C)c1ccc(Cl)s1. The Balaban J connectivity index is 2.52. The van der Waals surface area contributed by atoms with Crippen molar-refractivity contribution < 1.29 is 9.53 Å². The lowest BCUT2D eigenvalue weighted by Crippen LogP contribution is -2.33. The van der Waals surface area contributed by atoms with Gasteiger partial charge >= 0.3 is 6.09 Å². The molecule has 1 N–H and O–H groups in total. The van der Waals surface area contributed by atoms with Crippen LogP contribution in [-0.2, 0) is 4.74 Å². The maximum Gasteiger partial charge on any atom is 0.408 e. The normalized spacial score (nSPS) is 13.3. The van der Waals surface area contributed by atoms with Gasteiger partial charge < -0.3 is 10.1 Å². The number of thiophene rings is 1. The molecule has 1 unspecified atom stereocenters. The summed E-state index contributed by atoms with van der Waals surface area (Å²) in [6, 6.07) is 3.62. The first kappa shape index (κ1) is 13.3. The molecule has 1 rings (SSSR count). The first-order chi connectivity index (χ1) is 7.28. The van der Waals surface area contributed by atoms with E-state index in [1.165, 1.54) is 11.3 Å². The number of halogens is 1. The molecule has 0 aromatic carbocycles. The van der Waals surface area contributed by atoms with Crippen LogP contribution >= 0.6 is 22.9 Å². The number of carbonyl (C=O) groups excluding carboxylic acids is 1. The molecular formula is C11H16ClNO2S. The maximum absolute atomic E-state index is 11.5. The Kier molecular flexibility index (Phi) is 4.21. The highest BCUT2D eigenvalue weighted by Crippen LogP contribution is 2.26. The number of alkyl carbamates (subject to hydrolysis) is 1. The minimum atomic E-state index is -0.475. The van der Waals surface area contributed by atoms with Gasteiger partial charge in [0.05, 0.1) is 10.4 Å². The van der Waals surface area contributed by atoms with E-state index in [0.29, 0.717) is 4.34 Å². The van der Waals surface area contributed by atoms with Crippen molar-refractivity contribution in [1.29, 1.82) is 0 Å². The number of nitrogens with one attached hydrogen (secondary N) is 1. The van der Waals surface area contributed by atoms with E-state index in [1.807, 2.05) is 39.8 Å². The van der Waals surface area contributed by atoms with Crippen LogP contribution in [0.1, 0.15) is 38.6 Å². The Morgan fingerprint density at radius 2 is 2.12 bits per heavy atom. The minimum absolute atomic E-state index is 0.0904. The standard InChI is InChI=1S/C11H16ClNO2S/c1-7(8-5-6-9(12)16-8)13-10(14)15-11(2,3)4/h5-7H,1-4H3,(H,13,14). The van der Waals surface area contributed by atoms with Crippen LogP contribution < -0.4 is 5.32 Å². The second-order valence-electron chi connectivity index (χ2n) is 4.51. The Labute approximate surface area is 105 Å². The molecule has 1 atom stereocenters. The summed E-state index contributed by atoms with van der Waals surface area (Å²) in [5.41, 5.74) is -0.475. The largest absolute Gasteiger partial charge is 0.444 e. The van der Waals surface area contributed by atoms with Crippen LogP contribution in [0.15, 0.2) is 12.1 Å². The third kappa shape index (κ3) is 4.41. The van der Waals surface area contributed by atoms with Crippen LogP contribution in [0.2, 0.25) is 4.34 Å². The third-order valence-electron chi connectivity index (χ3n) is 1.75. The van der Waals surface area contributed by atoms with Crippen LogP contribution in [-0.4, -0.2) is 11.7 Å². The lowest BCUT2D eigenvalue weighted by atomic mass is 10.2. The summed E-state index contributed by atoms with van der Waals surface area (Å²) in [6.45, 7) is 7.39. The molecule has 90 valence electrons. The van der Waals surface area contributed by atoms with Crippen LogP contribution in [0.5, 0.6) is 0 Å². The fourth-order valence-electron chi connectivity index (χ4n) is 1.12. The van der Waals surface area contributed by atoms with E-state index in [0.717, 1.165) is 4.88 Å². The Morgan fingerprint density at radius 1 is 1.50 bits per heavy atom. The van der Waals surface area contributed by atoms with Gasteiger partial charge in [-0.3, -0.25) is 0 Å². The van der Waals surface area contributed by atoms with Gasteiger partial charge in [0, 0.05) is 4.88 Å². The second-order valence-corrected chi connectivity index (χ2v) is 6.26. The zero-order chi connectivity index (χ0) is 12.3. The van der Waals surface area contributed by atoms with Gasteiger partial charge in [-0.1, -0.05) is 11.6 Å². The van der Waals surface area contributed by atoms with Gasteiger partial charge in [0.2, 0.25) is 0 Å². The molecule has 0 fully saturated rings. The molecule has 0 saturated heterocycles. The lowest BCUT2D eigenvalue weighted by molar-refractivity contribution is 0.0509. The van der Waals surface area contributed by atoms with E-state index in [1.54, 1.807) is 0 Å². The summed E-state index contributed by atoms with van der Waals surface area (Å²) in [4.78, 5) is 12.5. The molecule has 3 nitrogen and oxygen atoms in total. The number of carbonyl (C=O) groups is 1. The van der Waals surface area contributed by atoms with Crippen molar-refractivity contribution in [2.75, 3.05) is 0 Å². The topological polar surface area (TPSA) is 38.3 Å². The van der Waals surface area contributed by atoms with Gasteiger partial charge in [0.15, 0.2) is 0 Å². The Morgan fingerprint density at radius 3 is 2.56 bits per heavy atom. The molecule has 1 amide bonds. The summed E-state index contributed by atoms with van der Waals surface area (Å²) < 4.78 is 5.87. The van der Waals surface area contributed by atoms with Gasteiger partial charge in [0.1, 0.15) is 5.60 Å². The maximum atomic E-state index is 11.5. The predicted octanol–water partition coefficient (Wildman–Crippen LogP) is 3.99. The van der Waals surface area contributed by atoms with Crippen molar-refractivity contribution in [3.63, 3.8) is 0 Å². The van der Waals surface area contributed by atoms with Crippen molar-refractivity contribution in [2.45, 2.75) is 39.3 Å². The number of amides is 1. The molecular weight excluding hydrogens is 246 g/mol. The van der Waals surface area contributed by atoms with Gasteiger partial charge in [-0.05, 0) is 39.8 Å². The fourth-order valence-corrected chi connectivity index (χ4v) is 2.18. The average molecular weight is 262 g/mol. The molecule has 0 radical (unpaired) electrons. The zero-order valence-corrected chi connectivity index (χ0v) is 11.4. The third-order valence-corrected chi connectivity index (χ3v) is 3.17. The number of hydrogen-bond acceptors (Lipinski definition) is 3. The lowest BCUT2D eigenvalue weighted by Gasteiger charge is -2.21. The van der Waals surface area contributed by atoms with E-state index in [-0.39, 0.29) is 6.04 Å². The first-order valence-corrected chi connectivity index (χ1v) is 6.22. The number of ether oxygens (including phenoxy) is 1. The van der Waals surface area contributed by atoms with E-state index in [9.17, 15) is 4.79 Å². The van der Waals surface area contributed by atoms with Gasteiger partial charge in [-0.2, -0.15) is 0 Å². The molecule has 0 saturated carbocycles. The summed E-state index contributed by atoms with van der Waals surface area (Å²) >= 11 is 7.27. The molecule has 0 bridgehead atoms. The van der Waals surface area contributed by atoms with Crippen molar-refractivity contribution in [1.82, 2.24) is 5.32 Å². The Hall–Kier alpha value is -0.740. The monoisotopic (exact) mass is 261 g/mol. The molecule has 0 spiro atoms. The van der Waals surface area contributed by atoms with Gasteiger partial charge in [0.25, 0.3) is 0 Å². The van der Waals surface area contributed by atoms with Crippen molar-refractivity contribution in [2.24, 2.45) is 0 Å². The van der Waals surface area contributed by atoms with E-state index < -0.39 is 11.7 Å². The Bertz CT molecular complexity index is 370. The molecule has 0 aliphatic rings. The molecule has 5 heteroatoms. The highest BCUT2D eigenvalue weighted by atomic mass is 35.5.